The second-order valence-corrected chi connectivity index (χ2v) is 8.88. The molecule has 0 radical (unpaired) electrons. The van der Waals surface area contributed by atoms with Crippen molar-refractivity contribution in [2.24, 2.45) is 0 Å². The number of halogens is 2. The van der Waals surface area contributed by atoms with Gasteiger partial charge < -0.3 is 29.8 Å². The van der Waals surface area contributed by atoms with Gasteiger partial charge in [-0.15, -0.1) is 46.1 Å². The third kappa shape index (κ3) is 9.44. The molecule has 0 atom stereocenters. The maximum absolute atomic E-state index is 4.55. The average Bonchev–Trinajstić information content (AvgIpc) is 2.53. The van der Waals surface area contributed by atoms with Crippen LogP contribution < -0.4 is 24.8 Å². The van der Waals surface area contributed by atoms with E-state index >= 15 is 0 Å². The van der Waals surface area contributed by atoms with Gasteiger partial charge in [0.15, 0.2) is 0 Å². The van der Waals surface area contributed by atoms with E-state index in [0.29, 0.717) is 0 Å². The summed E-state index contributed by atoms with van der Waals surface area (Å²) in [7, 11) is -0.671. The fourth-order valence-electron chi connectivity index (χ4n) is 2.29. The number of hydrogen-bond donors (Lipinski definition) is 0. The second-order valence-electron chi connectivity index (χ2n) is 6.43. The Hall–Kier alpha value is 0.301. The summed E-state index contributed by atoms with van der Waals surface area (Å²) in [6, 6.07) is 10.8. The van der Waals surface area contributed by atoms with Crippen LogP contribution in [0, 0.1) is 13.8 Å². The Labute approximate surface area is 165 Å². The summed E-state index contributed by atoms with van der Waals surface area (Å²) in [4.78, 5) is 4.55. The predicted molar refractivity (Wildman–Crippen MR) is 91.0 cm³/mol. The van der Waals surface area contributed by atoms with Crippen LogP contribution in [-0.2, 0) is 21.7 Å². The van der Waals surface area contributed by atoms with Crippen LogP contribution in [0.5, 0.6) is 0 Å². The van der Waals surface area contributed by atoms with E-state index in [1.807, 2.05) is 0 Å². The van der Waals surface area contributed by atoms with E-state index < -0.39 is 8.96 Å². The standard InChI is InChI=1S/C11H11.C6H16NSi.2ClH.Ti/c1-8-7-10-5-3-4-6-11(10)9(8)2;1-6(2,3)7-8(4)5;;;/h3-7H,1-2H3;8H,1-5H3;2*1H;/q2*-1;;;+4/p-2. The van der Waals surface area contributed by atoms with Crippen LogP contribution in [0.4, 0.5) is 0 Å². The summed E-state index contributed by atoms with van der Waals surface area (Å²) < 4.78 is 0. The van der Waals surface area contributed by atoms with Crippen LogP contribution >= 0.6 is 0 Å². The Balaban J connectivity index is -0.000000302. The van der Waals surface area contributed by atoms with Crippen LogP contribution in [0.3, 0.4) is 0 Å². The van der Waals surface area contributed by atoms with Gasteiger partial charge in [0, 0.05) is 0 Å². The van der Waals surface area contributed by atoms with Crippen LogP contribution in [0.25, 0.3) is 15.8 Å². The Kier molecular flexibility index (Phi) is 14.5. The van der Waals surface area contributed by atoms with Crippen molar-refractivity contribution in [3.05, 3.63) is 46.4 Å². The maximum atomic E-state index is 4.55. The number of fused-ring (bicyclic) bond motifs is 1. The minimum absolute atomic E-state index is 0. The summed E-state index contributed by atoms with van der Waals surface area (Å²) in [6.45, 7) is 15.3. The van der Waals surface area contributed by atoms with Gasteiger partial charge in [-0.25, -0.2) is 0 Å². The van der Waals surface area contributed by atoms with Crippen molar-refractivity contribution in [2.45, 2.75) is 53.3 Å². The molecule has 2 rings (SSSR count). The summed E-state index contributed by atoms with van der Waals surface area (Å²) in [5, 5.41) is 2.76. The number of nitrogens with zero attached hydrogens (tertiary/aromatic N) is 1. The van der Waals surface area contributed by atoms with E-state index in [9.17, 15) is 0 Å². The Morgan fingerprint density at radius 1 is 1.00 bits per heavy atom. The number of hydrogen-bond acceptors (Lipinski definition) is 0. The number of rotatable bonds is 1. The van der Waals surface area contributed by atoms with E-state index in [1.54, 1.807) is 0 Å². The normalized spacial score (nSPS) is 10.0. The van der Waals surface area contributed by atoms with Gasteiger partial charge in [0.25, 0.3) is 0 Å². The first-order valence-electron chi connectivity index (χ1n) is 7.04. The topological polar surface area (TPSA) is 14.1 Å². The van der Waals surface area contributed by atoms with Gasteiger partial charge in [-0.2, -0.15) is 5.56 Å². The SMILES string of the molecule is C[SiH](C)[N-]C(C)(C)C.Cc1[cH-]c2ccccc2c1C.[Cl-].[Cl-].[Ti+4]. The summed E-state index contributed by atoms with van der Waals surface area (Å²) >= 11 is 0. The van der Waals surface area contributed by atoms with Crippen LogP contribution in [0.1, 0.15) is 31.9 Å². The molecule has 0 N–H and O–H groups in total. The molecular formula is C17H27Cl2NSiTi. The third-order valence-electron chi connectivity index (χ3n) is 2.97. The smallest absolute Gasteiger partial charge is 1.00 e. The quantitative estimate of drug-likeness (QED) is 0.452. The Morgan fingerprint density at radius 3 is 1.86 bits per heavy atom. The first-order valence-corrected chi connectivity index (χ1v) is 9.87. The van der Waals surface area contributed by atoms with Gasteiger partial charge in [0.05, 0.1) is 0 Å². The van der Waals surface area contributed by atoms with Crippen molar-refractivity contribution >= 4 is 19.7 Å². The predicted octanol–water partition coefficient (Wildman–Crippen LogP) is -0.677. The molecule has 2 aromatic carbocycles. The van der Waals surface area contributed by atoms with Crippen LogP contribution in [0.2, 0.25) is 13.1 Å². The van der Waals surface area contributed by atoms with E-state index in [2.05, 4.69) is 83.0 Å². The van der Waals surface area contributed by atoms with E-state index in [4.69, 9.17) is 0 Å². The fourth-order valence-corrected chi connectivity index (χ4v) is 3.84. The molecule has 1 nitrogen and oxygen atoms in total. The van der Waals surface area contributed by atoms with Gasteiger partial charge in [-0.3, -0.25) is 0 Å². The van der Waals surface area contributed by atoms with E-state index in [1.165, 1.54) is 21.9 Å². The summed E-state index contributed by atoms with van der Waals surface area (Å²) in [6.07, 6.45) is 0. The zero-order valence-corrected chi connectivity index (χ0v) is 18.9. The van der Waals surface area contributed by atoms with Crippen molar-refractivity contribution < 1.29 is 46.5 Å². The number of aryl methyl sites for hydroxylation is 2. The van der Waals surface area contributed by atoms with Crippen LogP contribution in [0.15, 0.2) is 30.3 Å². The molecule has 22 heavy (non-hydrogen) atoms. The summed E-state index contributed by atoms with van der Waals surface area (Å²) in [5.74, 6) is 0. The maximum Gasteiger partial charge on any atom is 4.00 e. The molecule has 0 aliphatic rings. The third-order valence-corrected chi connectivity index (χ3v) is 4.26. The monoisotopic (exact) mass is 391 g/mol. The van der Waals surface area contributed by atoms with Crippen molar-refractivity contribution in [1.29, 1.82) is 0 Å². The zero-order valence-electron chi connectivity index (χ0n) is 14.7. The molecule has 0 saturated carbocycles. The zero-order chi connectivity index (χ0) is 14.6. The van der Waals surface area contributed by atoms with Crippen molar-refractivity contribution in [3.63, 3.8) is 0 Å². The second kappa shape index (κ2) is 11.8. The minimum Gasteiger partial charge on any atom is -1.00 e. The molecule has 0 amide bonds. The van der Waals surface area contributed by atoms with Crippen molar-refractivity contribution in [3.8, 4) is 0 Å². The first kappa shape index (κ1) is 27.2. The van der Waals surface area contributed by atoms with E-state index in [0.717, 1.165) is 0 Å². The molecule has 0 aliphatic carbocycles. The van der Waals surface area contributed by atoms with Crippen LogP contribution in [-0.4, -0.2) is 14.5 Å². The molecule has 0 spiro atoms. The molecule has 5 heteroatoms. The molecule has 122 valence electrons. The summed E-state index contributed by atoms with van der Waals surface area (Å²) in [5.41, 5.74) is 3.02. The molecule has 2 aromatic rings. The Bertz CT molecular complexity index is 533. The number of benzene rings is 1. The molecule has 0 aliphatic heterocycles. The van der Waals surface area contributed by atoms with Gasteiger partial charge in [0.1, 0.15) is 0 Å². The molecule has 0 fully saturated rings. The van der Waals surface area contributed by atoms with Gasteiger partial charge in [-0.1, -0.05) is 62.7 Å². The van der Waals surface area contributed by atoms with Crippen molar-refractivity contribution in [2.75, 3.05) is 0 Å². The molecule has 0 unspecified atom stereocenters. The molecular weight excluding hydrogens is 365 g/mol. The first-order chi connectivity index (χ1) is 8.70. The molecule has 0 saturated heterocycles. The van der Waals surface area contributed by atoms with Crippen molar-refractivity contribution in [1.82, 2.24) is 0 Å². The van der Waals surface area contributed by atoms with E-state index in [-0.39, 0.29) is 52.1 Å². The fraction of sp³-hybridized carbons (Fsp3) is 0.471. The molecule has 0 heterocycles. The minimum atomic E-state index is -0.671. The van der Waals surface area contributed by atoms with Gasteiger partial charge in [-0.05, 0) is 0 Å². The largest absolute Gasteiger partial charge is 4.00 e. The Morgan fingerprint density at radius 2 is 1.50 bits per heavy atom. The molecule has 0 bridgehead atoms. The van der Waals surface area contributed by atoms with Gasteiger partial charge in [0.2, 0.25) is 0 Å². The average molecular weight is 392 g/mol. The van der Waals surface area contributed by atoms with Gasteiger partial charge >= 0.3 is 21.7 Å². The molecule has 0 aromatic heterocycles.